The highest BCUT2D eigenvalue weighted by Crippen LogP contribution is 2.42. The number of rotatable bonds is 2. The lowest BCUT2D eigenvalue weighted by Crippen LogP contribution is -2.27. The molecule has 106 valence electrons. The first kappa shape index (κ1) is 13.5. The monoisotopic (exact) mass is 269 g/mol. The predicted octanol–water partition coefficient (Wildman–Crippen LogP) is 4.55. The number of nitriles is 1. The number of fused-ring (bicyclic) bond motifs is 1. The maximum atomic E-state index is 9.68. The molecule has 1 aliphatic heterocycles. The number of hydrogen-bond acceptors (Lipinski definition) is 2. The van der Waals surface area contributed by atoms with Crippen LogP contribution in [0.5, 0.6) is 5.75 Å². The van der Waals surface area contributed by atoms with E-state index in [4.69, 9.17) is 4.74 Å². The van der Waals surface area contributed by atoms with Crippen molar-refractivity contribution in [1.82, 2.24) is 0 Å². The van der Waals surface area contributed by atoms with Crippen LogP contribution in [0, 0.1) is 23.7 Å². The summed E-state index contributed by atoms with van der Waals surface area (Å²) < 4.78 is 6.08. The zero-order valence-electron chi connectivity index (χ0n) is 12.3. The lowest BCUT2D eigenvalue weighted by Gasteiger charge is -2.27. The molecule has 0 spiro atoms. The van der Waals surface area contributed by atoms with Crippen molar-refractivity contribution in [1.29, 1.82) is 5.26 Å². The van der Waals surface area contributed by atoms with Gasteiger partial charge < -0.3 is 4.74 Å². The van der Waals surface area contributed by atoms with Crippen molar-refractivity contribution in [2.75, 3.05) is 0 Å². The van der Waals surface area contributed by atoms with E-state index in [0.717, 1.165) is 31.4 Å². The standard InChI is InChI=1S/C18H23NO/c1-14-6-7-17-15(10-14)11-16(20-17)12-18(13-19)8-4-2-3-5-9-18/h6-7,10,16H,2-5,8-9,11-12H2,1H3. The molecule has 0 N–H and O–H groups in total. The van der Waals surface area contributed by atoms with Gasteiger partial charge >= 0.3 is 0 Å². The van der Waals surface area contributed by atoms with Crippen molar-refractivity contribution in [2.24, 2.45) is 5.41 Å². The van der Waals surface area contributed by atoms with Crippen molar-refractivity contribution in [3.8, 4) is 11.8 Å². The van der Waals surface area contributed by atoms with Gasteiger partial charge in [0.1, 0.15) is 11.9 Å². The molecular formula is C18H23NO. The molecule has 0 bridgehead atoms. The van der Waals surface area contributed by atoms with Gasteiger partial charge in [0, 0.05) is 12.8 Å². The quantitative estimate of drug-likeness (QED) is 0.738. The summed E-state index contributed by atoms with van der Waals surface area (Å²) in [4.78, 5) is 0. The summed E-state index contributed by atoms with van der Waals surface area (Å²) in [5, 5.41) is 9.68. The molecule has 2 aliphatic rings. The molecule has 0 aromatic heterocycles. The molecule has 0 amide bonds. The van der Waals surface area contributed by atoms with E-state index in [1.807, 2.05) is 0 Å². The molecule has 20 heavy (non-hydrogen) atoms. The predicted molar refractivity (Wildman–Crippen MR) is 79.7 cm³/mol. The van der Waals surface area contributed by atoms with Gasteiger partial charge in [-0.3, -0.25) is 0 Å². The average molecular weight is 269 g/mol. The molecule has 1 saturated carbocycles. The van der Waals surface area contributed by atoms with Crippen LogP contribution in [0.15, 0.2) is 18.2 Å². The van der Waals surface area contributed by atoms with Crippen LogP contribution >= 0.6 is 0 Å². The average Bonchev–Trinajstić information content (AvgIpc) is 2.67. The van der Waals surface area contributed by atoms with Crippen molar-refractivity contribution in [3.63, 3.8) is 0 Å². The molecule has 1 aliphatic carbocycles. The first-order chi connectivity index (χ1) is 9.71. The molecule has 3 rings (SSSR count). The number of ether oxygens (including phenoxy) is 1. The third kappa shape index (κ3) is 2.68. The van der Waals surface area contributed by atoms with Crippen LogP contribution in [0.1, 0.15) is 56.1 Å². The Kier molecular flexibility index (Phi) is 3.70. The van der Waals surface area contributed by atoms with Crippen molar-refractivity contribution < 1.29 is 4.74 Å². The Labute approximate surface area is 121 Å². The van der Waals surface area contributed by atoms with Gasteiger partial charge in [0.2, 0.25) is 0 Å². The summed E-state index contributed by atoms with van der Waals surface area (Å²) in [6.45, 7) is 2.12. The fourth-order valence-electron chi connectivity index (χ4n) is 3.77. The fourth-order valence-corrected chi connectivity index (χ4v) is 3.77. The summed E-state index contributed by atoms with van der Waals surface area (Å²) in [7, 11) is 0. The topological polar surface area (TPSA) is 33.0 Å². The van der Waals surface area contributed by atoms with Gasteiger partial charge in [-0.05, 0) is 31.4 Å². The highest BCUT2D eigenvalue weighted by Gasteiger charge is 2.36. The fraction of sp³-hybridized carbons (Fsp3) is 0.611. The smallest absolute Gasteiger partial charge is 0.123 e. The minimum absolute atomic E-state index is 0.141. The zero-order valence-corrected chi connectivity index (χ0v) is 12.3. The molecule has 1 aromatic rings. The lowest BCUT2D eigenvalue weighted by atomic mass is 9.76. The van der Waals surface area contributed by atoms with E-state index in [9.17, 15) is 5.26 Å². The minimum atomic E-state index is -0.141. The normalized spacial score (nSPS) is 24.3. The maximum absolute atomic E-state index is 9.68. The molecule has 1 unspecified atom stereocenters. The molecule has 1 heterocycles. The van der Waals surface area contributed by atoms with E-state index < -0.39 is 0 Å². The van der Waals surface area contributed by atoms with Gasteiger partial charge in [-0.25, -0.2) is 0 Å². The van der Waals surface area contributed by atoms with Gasteiger partial charge in [0.25, 0.3) is 0 Å². The van der Waals surface area contributed by atoms with Crippen LogP contribution in [-0.4, -0.2) is 6.10 Å². The molecular weight excluding hydrogens is 246 g/mol. The van der Waals surface area contributed by atoms with Gasteiger partial charge in [0.05, 0.1) is 11.5 Å². The molecule has 1 fully saturated rings. The number of benzene rings is 1. The molecule has 0 saturated heterocycles. The Morgan fingerprint density at radius 1 is 1.25 bits per heavy atom. The Morgan fingerprint density at radius 3 is 2.70 bits per heavy atom. The molecule has 1 aromatic carbocycles. The second-order valence-corrected chi connectivity index (χ2v) is 6.57. The van der Waals surface area contributed by atoms with Crippen LogP contribution in [0.4, 0.5) is 0 Å². The molecule has 1 atom stereocenters. The van der Waals surface area contributed by atoms with Crippen molar-refractivity contribution in [3.05, 3.63) is 29.3 Å². The summed E-state index contributed by atoms with van der Waals surface area (Å²) in [5.74, 6) is 1.03. The van der Waals surface area contributed by atoms with Crippen LogP contribution < -0.4 is 4.74 Å². The first-order valence-corrected chi connectivity index (χ1v) is 7.88. The van der Waals surface area contributed by atoms with Gasteiger partial charge in [-0.1, -0.05) is 43.4 Å². The summed E-state index contributed by atoms with van der Waals surface area (Å²) in [6.07, 6.45) is 9.15. The third-order valence-corrected chi connectivity index (χ3v) is 4.87. The summed E-state index contributed by atoms with van der Waals surface area (Å²) >= 11 is 0. The zero-order chi connectivity index (χ0) is 14.0. The molecule has 2 heteroatoms. The highest BCUT2D eigenvalue weighted by molar-refractivity contribution is 5.40. The van der Waals surface area contributed by atoms with Gasteiger partial charge in [-0.2, -0.15) is 5.26 Å². The Morgan fingerprint density at radius 2 is 2.00 bits per heavy atom. The Balaban J connectivity index is 1.71. The van der Waals surface area contributed by atoms with Crippen LogP contribution in [0.3, 0.4) is 0 Å². The summed E-state index contributed by atoms with van der Waals surface area (Å²) in [5.41, 5.74) is 2.47. The third-order valence-electron chi connectivity index (χ3n) is 4.87. The van der Waals surface area contributed by atoms with E-state index in [0.29, 0.717) is 0 Å². The number of nitrogens with zero attached hydrogens (tertiary/aromatic N) is 1. The van der Waals surface area contributed by atoms with Gasteiger partial charge in [0.15, 0.2) is 0 Å². The number of aryl methyl sites for hydroxylation is 1. The minimum Gasteiger partial charge on any atom is -0.490 e. The van der Waals surface area contributed by atoms with Gasteiger partial charge in [-0.15, -0.1) is 0 Å². The SMILES string of the molecule is Cc1ccc2c(c1)CC(CC1(C#N)CCCCCC1)O2. The Bertz CT molecular complexity index is 521. The Hall–Kier alpha value is -1.49. The van der Waals surface area contributed by atoms with Crippen molar-refractivity contribution >= 4 is 0 Å². The van der Waals surface area contributed by atoms with Crippen LogP contribution in [-0.2, 0) is 6.42 Å². The van der Waals surface area contributed by atoms with E-state index >= 15 is 0 Å². The second kappa shape index (κ2) is 5.48. The van der Waals surface area contributed by atoms with Crippen LogP contribution in [0.2, 0.25) is 0 Å². The number of hydrogen-bond donors (Lipinski definition) is 0. The largest absolute Gasteiger partial charge is 0.490 e. The maximum Gasteiger partial charge on any atom is 0.123 e. The summed E-state index contributed by atoms with van der Waals surface area (Å²) in [6, 6.07) is 9.05. The van der Waals surface area contributed by atoms with Crippen LogP contribution in [0.25, 0.3) is 0 Å². The lowest BCUT2D eigenvalue weighted by molar-refractivity contribution is 0.155. The first-order valence-electron chi connectivity index (χ1n) is 7.88. The van der Waals surface area contributed by atoms with E-state index in [-0.39, 0.29) is 11.5 Å². The molecule has 0 radical (unpaired) electrons. The van der Waals surface area contributed by atoms with E-state index in [2.05, 4.69) is 31.2 Å². The molecule has 2 nitrogen and oxygen atoms in total. The van der Waals surface area contributed by atoms with E-state index in [1.165, 1.54) is 36.8 Å². The van der Waals surface area contributed by atoms with E-state index in [1.54, 1.807) is 0 Å². The second-order valence-electron chi connectivity index (χ2n) is 6.57. The highest BCUT2D eigenvalue weighted by atomic mass is 16.5. The van der Waals surface area contributed by atoms with Crippen molar-refractivity contribution in [2.45, 2.75) is 64.4 Å².